The summed E-state index contributed by atoms with van der Waals surface area (Å²) in [5.41, 5.74) is 2.43. The number of carbonyl (C=O) groups is 2. The molecule has 0 spiro atoms. The maximum Gasteiger partial charge on any atom is 0.251 e. The van der Waals surface area contributed by atoms with Gasteiger partial charge in [0.05, 0.1) is 0 Å². The highest BCUT2D eigenvalue weighted by Crippen LogP contribution is 2.06. The van der Waals surface area contributed by atoms with Crippen LogP contribution in [0.5, 0.6) is 0 Å². The summed E-state index contributed by atoms with van der Waals surface area (Å²) in [5.74, 6) is 0.295. The van der Waals surface area contributed by atoms with Crippen LogP contribution in [0, 0.1) is 0 Å². The van der Waals surface area contributed by atoms with Gasteiger partial charge in [-0.3, -0.25) is 9.59 Å². The lowest BCUT2D eigenvalue weighted by atomic mass is 10.1. The molecule has 2 aromatic rings. The van der Waals surface area contributed by atoms with E-state index in [2.05, 4.69) is 26.3 Å². The Morgan fingerprint density at radius 2 is 1.79 bits per heavy atom. The lowest BCUT2D eigenvalue weighted by Gasteiger charge is -2.12. The number of amides is 2. The SMILES string of the molecule is CCNC(=NCC(=O)Nc1ccccc1)NCCc1cccc(C(=O)NC)c1. The van der Waals surface area contributed by atoms with Gasteiger partial charge < -0.3 is 21.3 Å². The predicted octanol–water partition coefficient (Wildman–Crippen LogP) is 1.78. The number of nitrogens with one attached hydrogen (secondary N) is 4. The van der Waals surface area contributed by atoms with Crippen LogP contribution in [0.15, 0.2) is 59.6 Å². The minimum absolute atomic E-state index is 0.0242. The van der Waals surface area contributed by atoms with Crippen molar-refractivity contribution in [1.29, 1.82) is 0 Å². The van der Waals surface area contributed by atoms with Crippen LogP contribution in [-0.4, -0.2) is 44.5 Å². The van der Waals surface area contributed by atoms with Crippen molar-refractivity contribution >= 4 is 23.5 Å². The van der Waals surface area contributed by atoms with Crippen molar-refractivity contribution < 1.29 is 9.59 Å². The Morgan fingerprint density at radius 1 is 1.00 bits per heavy atom. The fourth-order valence-electron chi connectivity index (χ4n) is 2.55. The normalized spacial score (nSPS) is 10.9. The lowest BCUT2D eigenvalue weighted by molar-refractivity contribution is -0.114. The lowest BCUT2D eigenvalue weighted by Crippen LogP contribution is -2.39. The highest BCUT2D eigenvalue weighted by Gasteiger charge is 2.05. The summed E-state index contributed by atoms with van der Waals surface area (Å²) in [6.07, 6.45) is 0.728. The first-order chi connectivity index (χ1) is 13.6. The number of benzene rings is 2. The van der Waals surface area contributed by atoms with Crippen LogP contribution in [0.2, 0.25) is 0 Å². The zero-order valence-electron chi connectivity index (χ0n) is 16.3. The van der Waals surface area contributed by atoms with Gasteiger partial charge in [0.2, 0.25) is 5.91 Å². The van der Waals surface area contributed by atoms with E-state index in [0.717, 1.165) is 17.7 Å². The second-order valence-electron chi connectivity index (χ2n) is 6.07. The van der Waals surface area contributed by atoms with E-state index in [9.17, 15) is 9.59 Å². The second-order valence-corrected chi connectivity index (χ2v) is 6.07. The van der Waals surface area contributed by atoms with E-state index < -0.39 is 0 Å². The Bertz CT molecular complexity index is 805. The molecule has 4 N–H and O–H groups in total. The van der Waals surface area contributed by atoms with Crippen LogP contribution in [0.3, 0.4) is 0 Å². The molecule has 0 aromatic heterocycles. The van der Waals surface area contributed by atoms with Gasteiger partial charge in [-0.05, 0) is 43.2 Å². The number of aliphatic imine (C=N–C) groups is 1. The minimum atomic E-state index is -0.179. The molecule has 7 heteroatoms. The number of carbonyl (C=O) groups excluding carboxylic acids is 2. The minimum Gasteiger partial charge on any atom is -0.357 e. The monoisotopic (exact) mass is 381 g/mol. The largest absolute Gasteiger partial charge is 0.357 e. The number of hydrogen-bond acceptors (Lipinski definition) is 3. The van der Waals surface area contributed by atoms with E-state index in [4.69, 9.17) is 0 Å². The number of nitrogens with zero attached hydrogens (tertiary/aromatic N) is 1. The predicted molar refractivity (Wildman–Crippen MR) is 113 cm³/mol. The summed E-state index contributed by atoms with van der Waals surface area (Å²) >= 11 is 0. The van der Waals surface area contributed by atoms with Gasteiger partial charge in [0.1, 0.15) is 6.54 Å². The number of anilines is 1. The highest BCUT2D eigenvalue weighted by atomic mass is 16.2. The number of rotatable bonds is 8. The van der Waals surface area contributed by atoms with Gasteiger partial charge in [-0.2, -0.15) is 0 Å². The number of hydrogen-bond donors (Lipinski definition) is 4. The fraction of sp³-hybridized carbons (Fsp3) is 0.286. The van der Waals surface area contributed by atoms with Gasteiger partial charge in [-0.15, -0.1) is 0 Å². The third kappa shape index (κ3) is 7.11. The summed E-state index contributed by atoms with van der Waals surface area (Å²) in [6.45, 7) is 3.31. The third-order valence-corrected chi connectivity index (χ3v) is 3.90. The smallest absolute Gasteiger partial charge is 0.251 e. The molecule has 148 valence electrons. The van der Waals surface area contributed by atoms with Crippen LogP contribution in [0.25, 0.3) is 0 Å². The van der Waals surface area contributed by atoms with E-state index >= 15 is 0 Å². The van der Waals surface area contributed by atoms with E-state index in [0.29, 0.717) is 24.6 Å². The molecule has 0 aliphatic carbocycles. The zero-order chi connectivity index (χ0) is 20.2. The molecule has 2 rings (SSSR count). The maximum atomic E-state index is 12.0. The Balaban J connectivity index is 1.85. The van der Waals surface area contributed by atoms with Crippen LogP contribution < -0.4 is 21.3 Å². The van der Waals surface area contributed by atoms with Crippen LogP contribution >= 0.6 is 0 Å². The molecule has 0 aliphatic rings. The highest BCUT2D eigenvalue weighted by molar-refractivity contribution is 5.94. The average Bonchev–Trinajstić information content (AvgIpc) is 2.72. The van der Waals surface area contributed by atoms with Crippen LogP contribution in [0.4, 0.5) is 5.69 Å². The molecule has 0 saturated heterocycles. The first kappa shape index (κ1) is 21.0. The molecular weight excluding hydrogens is 354 g/mol. The fourth-order valence-corrected chi connectivity index (χ4v) is 2.55. The van der Waals surface area contributed by atoms with Gasteiger partial charge in [-0.1, -0.05) is 30.3 Å². The maximum absolute atomic E-state index is 12.0. The van der Waals surface area contributed by atoms with Crippen molar-refractivity contribution in [1.82, 2.24) is 16.0 Å². The molecule has 2 aromatic carbocycles. The van der Waals surface area contributed by atoms with Crippen molar-refractivity contribution in [3.63, 3.8) is 0 Å². The van der Waals surface area contributed by atoms with Gasteiger partial charge in [0, 0.05) is 31.4 Å². The van der Waals surface area contributed by atoms with E-state index in [1.165, 1.54) is 0 Å². The molecule has 0 radical (unpaired) electrons. The summed E-state index contributed by atoms with van der Waals surface area (Å²) in [4.78, 5) is 28.1. The first-order valence-corrected chi connectivity index (χ1v) is 9.30. The summed E-state index contributed by atoms with van der Waals surface area (Å²) in [6, 6.07) is 16.8. The molecule has 7 nitrogen and oxygen atoms in total. The van der Waals surface area contributed by atoms with Crippen molar-refractivity contribution in [2.45, 2.75) is 13.3 Å². The summed E-state index contributed by atoms with van der Waals surface area (Å²) in [7, 11) is 1.61. The van der Waals surface area contributed by atoms with Crippen LogP contribution in [-0.2, 0) is 11.2 Å². The van der Waals surface area contributed by atoms with Gasteiger partial charge >= 0.3 is 0 Å². The zero-order valence-corrected chi connectivity index (χ0v) is 16.3. The summed E-state index contributed by atoms with van der Waals surface area (Å²) in [5, 5.41) is 11.8. The standard InChI is InChI=1S/C21H27N5O2/c1-3-23-21(25-15-19(27)26-18-10-5-4-6-11-18)24-13-12-16-8-7-9-17(14-16)20(28)22-2/h4-11,14H,3,12-13,15H2,1-2H3,(H,22,28)(H,26,27)(H2,23,24,25). The second kappa shape index (κ2) is 11.4. The average molecular weight is 381 g/mol. The Morgan fingerprint density at radius 3 is 2.50 bits per heavy atom. The Labute approximate surface area is 165 Å². The molecular formula is C21H27N5O2. The molecule has 2 amide bonds. The topological polar surface area (TPSA) is 94.6 Å². The molecule has 0 fully saturated rings. The third-order valence-electron chi connectivity index (χ3n) is 3.90. The van der Waals surface area contributed by atoms with E-state index in [1.54, 1.807) is 13.1 Å². The van der Waals surface area contributed by atoms with Gasteiger partial charge in [0.25, 0.3) is 5.91 Å². The van der Waals surface area contributed by atoms with Crippen molar-refractivity contribution in [3.05, 3.63) is 65.7 Å². The molecule has 0 unspecified atom stereocenters. The number of guanidine groups is 1. The molecule has 0 bridgehead atoms. The van der Waals surface area contributed by atoms with Crippen molar-refractivity contribution in [2.75, 3.05) is 32.0 Å². The van der Waals surface area contributed by atoms with Gasteiger partial charge in [-0.25, -0.2) is 4.99 Å². The van der Waals surface area contributed by atoms with E-state index in [-0.39, 0.29) is 18.4 Å². The molecule has 0 atom stereocenters. The Hall–Kier alpha value is -3.35. The molecule has 0 saturated carbocycles. The summed E-state index contributed by atoms with van der Waals surface area (Å²) < 4.78 is 0. The van der Waals surface area contributed by atoms with Crippen molar-refractivity contribution in [3.8, 4) is 0 Å². The molecule has 0 aliphatic heterocycles. The van der Waals surface area contributed by atoms with Gasteiger partial charge in [0.15, 0.2) is 5.96 Å². The van der Waals surface area contributed by atoms with Crippen LogP contribution in [0.1, 0.15) is 22.8 Å². The molecule has 28 heavy (non-hydrogen) atoms. The quantitative estimate of drug-likeness (QED) is 0.414. The first-order valence-electron chi connectivity index (χ1n) is 9.30. The van der Waals surface area contributed by atoms with E-state index in [1.807, 2.05) is 55.5 Å². The van der Waals surface area contributed by atoms with Crippen molar-refractivity contribution in [2.24, 2.45) is 4.99 Å². The Kier molecular flexibility index (Phi) is 8.52. The number of para-hydroxylation sites is 1. The molecule has 0 heterocycles.